The molecule has 0 radical (unpaired) electrons. The Morgan fingerprint density at radius 2 is 1.60 bits per heavy atom. The minimum atomic E-state index is -0.930. The molecule has 3 rings (SSSR count). The predicted octanol–water partition coefficient (Wildman–Crippen LogP) is 1.67. The van der Waals surface area contributed by atoms with Gasteiger partial charge in [0, 0.05) is 47.2 Å². The van der Waals surface area contributed by atoms with E-state index in [-0.39, 0.29) is 12.5 Å². The summed E-state index contributed by atoms with van der Waals surface area (Å²) in [6.45, 7) is -0.779. The van der Waals surface area contributed by atoms with E-state index in [4.69, 9.17) is 10.8 Å². The Morgan fingerprint density at radius 1 is 0.943 bits per heavy atom. The Hall–Kier alpha value is -4.32. The molecule has 8 nitrogen and oxygen atoms in total. The van der Waals surface area contributed by atoms with Gasteiger partial charge in [0.25, 0.3) is 5.91 Å². The summed E-state index contributed by atoms with van der Waals surface area (Å²) in [5.74, 6) is 4.97. The van der Waals surface area contributed by atoms with Crippen LogP contribution in [-0.4, -0.2) is 46.9 Å². The van der Waals surface area contributed by atoms with Crippen molar-refractivity contribution in [3.63, 3.8) is 0 Å². The van der Waals surface area contributed by atoms with E-state index in [1.807, 2.05) is 30.3 Å². The monoisotopic (exact) mass is 470 g/mol. The SMILES string of the molecule is NC[C@H](NC(=O)c1ccc(C#Cc2ccc(NC(=O)CCc3ccccn3)cc2)cc1)C(=O)CO. The fourth-order valence-electron chi connectivity index (χ4n) is 3.12. The number of pyridine rings is 1. The number of amides is 2. The van der Waals surface area contributed by atoms with Gasteiger partial charge in [-0.25, -0.2) is 0 Å². The quantitative estimate of drug-likeness (QED) is 0.352. The molecule has 0 fully saturated rings. The van der Waals surface area contributed by atoms with E-state index in [9.17, 15) is 14.4 Å². The minimum absolute atomic E-state index is 0.0860. The molecule has 0 bridgehead atoms. The molecule has 0 aliphatic heterocycles. The summed E-state index contributed by atoms with van der Waals surface area (Å²) in [6.07, 6.45) is 2.63. The third kappa shape index (κ3) is 7.89. The number of nitrogens with two attached hydrogens (primary N) is 1. The summed E-state index contributed by atoms with van der Waals surface area (Å²) in [4.78, 5) is 40.2. The lowest BCUT2D eigenvalue weighted by molar-refractivity contribution is -0.123. The van der Waals surface area contributed by atoms with Gasteiger partial charge in [0.15, 0.2) is 5.78 Å². The van der Waals surface area contributed by atoms with Gasteiger partial charge in [0.1, 0.15) is 12.6 Å². The van der Waals surface area contributed by atoms with Crippen LogP contribution < -0.4 is 16.4 Å². The van der Waals surface area contributed by atoms with Crippen molar-refractivity contribution < 1.29 is 19.5 Å². The van der Waals surface area contributed by atoms with Crippen LogP contribution in [0.1, 0.15) is 33.6 Å². The maximum atomic E-state index is 12.3. The van der Waals surface area contributed by atoms with E-state index in [0.29, 0.717) is 29.7 Å². The van der Waals surface area contributed by atoms with Gasteiger partial charge in [0.05, 0.1) is 0 Å². The lowest BCUT2D eigenvalue weighted by Gasteiger charge is -2.14. The summed E-state index contributed by atoms with van der Waals surface area (Å²) in [5.41, 5.74) is 8.86. The second-order valence-electron chi connectivity index (χ2n) is 7.66. The average Bonchev–Trinajstić information content (AvgIpc) is 2.90. The molecule has 2 amide bonds. The number of rotatable bonds is 9. The van der Waals surface area contributed by atoms with E-state index < -0.39 is 24.3 Å². The number of hydrogen-bond donors (Lipinski definition) is 4. The number of nitrogens with one attached hydrogen (secondary N) is 2. The van der Waals surface area contributed by atoms with Crippen molar-refractivity contribution in [2.45, 2.75) is 18.9 Å². The molecule has 1 heterocycles. The first-order valence-electron chi connectivity index (χ1n) is 11.0. The van der Waals surface area contributed by atoms with Crippen LogP contribution in [0, 0.1) is 11.8 Å². The smallest absolute Gasteiger partial charge is 0.251 e. The summed E-state index contributed by atoms with van der Waals surface area (Å²) >= 11 is 0. The Balaban J connectivity index is 1.53. The van der Waals surface area contributed by atoms with Crippen molar-refractivity contribution in [2.75, 3.05) is 18.5 Å². The van der Waals surface area contributed by atoms with Gasteiger partial charge in [-0.15, -0.1) is 0 Å². The number of nitrogens with zero attached hydrogens (tertiary/aromatic N) is 1. The summed E-state index contributed by atoms with van der Waals surface area (Å²) in [7, 11) is 0. The van der Waals surface area contributed by atoms with Crippen molar-refractivity contribution in [1.29, 1.82) is 0 Å². The number of ketones is 1. The Bertz CT molecular complexity index is 1210. The predicted molar refractivity (Wildman–Crippen MR) is 132 cm³/mol. The molecule has 1 aromatic heterocycles. The molecule has 0 saturated heterocycles. The Labute approximate surface area is 203 Å². The molecule has 35 heavy (non-hydrogen) atoms. The van der Waals surface area contributed by atoms with Crippen LogP contribution in [0.25, 0.3) is 0 Å². The zero-order chi connectivity index (χ0) is 25.0. The maximum absolute atomic E-state index is 12.3. The lowest BCUT2D eigenvalue weighted by atomic mass is 10.1. The number of carbonyl (C=O) groups excluding carboxylic acids is 3. The van der Waals surface area contributed by atoms with Gasteiger partial charge in [-0.2, -0.15) is 0 Å². The molecule has 3 aromatic rings. The number of carbonyl (C=O) groups is 3. The summed E-state index contributed by atoms with van der Waals surface area (Å²) in [5, 5.41) is 14.3. The number of Topliss-reactive ketones (excluding diaryl/α,β-unsaturated/α-hetero) is 1. The molecule has 178 valence electrons. The number of aliphatic hydroxyl groups is 1. The van der Waals surface area contributed by atoms with Gasteiger partial charge in [-0.1, -0.05) is 17.9 Å². The molecule has 0 saturated carbocycles. The second-order valence-corrected chi connectivity index (χ2v) is 7.66. The molecule has 8 heteroatoms. The molecule has 0 aliphatic rings. The number of benzene rings is 2. The highest BCUT2D eigenvalue weighted by Crippen LogP contribution is 2.11. The molecular formula is C27H26N4O4. The van der Waals surface area contributed by atoms with Crippen LogP contribution in [0.4, 0.5) is 5.69 Å². The van der Waals surface area contributed by atoms with Gasteiger partial charge in [0.2, 0.25) is 5.91 Å². The molecule has 0 unspecified atom stereocenters. The highest BCUT2D eigenvalue weighted by Gasteiger charge is 2.18. The fourth-order valence-corrected chi connectivity index (χ4v) is 3.12. The molecule has 5 N–H and O–H groups in total. The maximum Gasteiger partial charge on any atom is 0.251 e. The Kier molecular flexibility index (Phi) is 9.25. The first-order valence-corrected chi connectivity index (χ1v) is 11.0. The number of aryl methyl sites for hydroxylation is 1. The van der Waals surface area contributed by atoms with Crippen LogP contribution in [0.5, 0.6) is 0 Å². The van der Waals surface area contributed by atoms with E-state index in [2.05, 4.69) is 27.5 Å². The zero-order valence-electron chi connectivity index (χ0n) is 19.0. The zero-order valence-corrected chi connectivity index (χ0v) is 19.0. The number of hydrogen-bond acceptors (Lipinski definition) is 6. The van der Waals surface area contributed by atoms with Crippen LogP contribution >= 0.6 is 0 Å². The van der Waals surface area contributed by atoms with Gasteiger partial charge >= 0.3 is 0 Å². The highest BCUT2D eigenvalue weighted by molar-refractivity contribution is 5.98. The topological polar surface area (TPSA) is 134 Å². The van der Waals surface area contributed by atoms with E-state index >= 15 is 0 Å². The average molecular weight is 471 g/mol. The van der Waals surface area contributed by atoms with Crippen molar-refractivity contribution in [3.8, 4) is 11.8 Å². The van der Waals surface area contributed by atoms with Crippen molar-refractivity contribution >= 4 is 23.3 Å². The van der Waals surface area contributed by atoms with Crippen LogP contribution in [0.2, 0.25) is 0 Å². The first kappa shape index (κ1) is 25.3. The van der Waals surface area contributed by atoms with E-state index in [1.165, 1.54) is 0 Å². The van der Waals surface area contributed by atoms with Gasteiger partial charge < -0.3 is 21.5 Å². The van der Waals surface area contributed by atoms with Gasteiger partial charge in [-0.3, -0.25) is 19.4 Å². The summed E-state index contributed by atoms with van der Waals surface area (Å²) < 4.78 is 0. The number of aliphatic hydroxyl groups excluding tert-OH is 1. The van der Waals surface area contributed by atoms with Crippen molar-refractivity contribution in [2.24, 2.45) is 5.73 Å². The largest absolute Gasteiger partial charge is 0.388 e. The number of aromatic nitrogens is 1. The fraction of sp³-hybridized carbons (Fsp3) is 0.185. The number of anilines is 1. The normalized spacial score (nSPS) is 11.0. The molecule has 0 aliphatic carbocycles. The van der Waals surface area contributed by atoms with Crippen LogP contribution in [0.3, 0.4) is 0 Å². The van der Waals surface area contributed by atoms with Crippen LogP contribution in [-0.2, 0) is 16.0 Å². The van der Waals surface area contributed by atoms with Gasteiger partial charge in [-0.05, 0) is 67.1 Å². The third-order valence-electron chi connectivity index (χ3n) is 5.09. The summed E-state index contributed by atoms with van der Waals surface area (Å²) in [6, 6.07) is 18.5. The highest BCUT2D eigenvalue weighted by atomic mass is 16.3. The third-order valence-corrected chi connectivity index (χ3v) is 5.09. The molecule has 0 spiro atoms. The van der Waals surface area contributed by atoms with Crippen LogP contribution in [0.15, 0.2) is 72.9 Å². The van der Waals surface area contributed by atoms with Crippen molar-refractivity contribution in [3.05, 3.63) is 95.3 Å². The lowest BCUT2D eigenvalue weighted by Crippen LogP contribution is -2.46. The molecule has 1 atom stereocenters. The van der Waals surface area contributed by atoms with Crippen molar-refractivity contribution in [1.82, 2.24) is 10.3 Å². The first-order chi connectivity index (χ1) is 17.0. The minimum Gasteiger partial charge on any atom is -0.388 e. The Morgan fingerprint density at radius 3 is 2.17 bits per heavy atom. The standard InChI is InChI=1S/C27H26N4O4/c28-17-24(25(33)18-32)31-27(35)21-10-6-19(7-11-21)4-5-20-8-12-23(13-9-20)30-26(34)15-14-22-3-1-2-16-29-22/h1-3,6-13,16,24,32H,14-15,17-18,28H2,(H,30,34)(H,31,35)/t24-/m0/s1. The second kappa shape index (κ2) is 12.8. The van der Waals surface area contributed by atoms with E-state index in [1.54, 1.807) is 42.6 Å². The molecule has 2 aromatic carbocycles. The van der Waals surface area contributed by atoms with E-state index in [0.717, 1.165) is 11.3 Å². The molecular weight excluding hydrogens is 444 g/mol.